The van der Waals surface area contributed by atoms with Crippen LogP contribution in [0.3, 0.4) is 0 Å². The van der Waals surface area contributed by atoms with Crippen molar-refractivity contribution in [1.82, 2.24) is 10.4 Å². The van der Waals surface area contributed by atoms with Crippen LogP contribution in [0.4, 0.5) is 0 Å². The number of carbonyl (C=O) groups is 1. The standard InChI is InChI=1S/C20H26N4O2S/c1-14(22-23-20(25)11-18-13-27-15(2)21-18)16-6-7-19(26-3)17(10-16)12-24-8-4-5-9-24/h6-7,10,13H,4-5,8-9,11-12H2,1-3H3,(H,23,25)/p+1/b22-14-. The lowest BCUT2D eigenvalue weighted by molar-refractivity contribution is -0.901. The number of likely N-dealkylation sites (tertiary alicyclic amines) is 1. The second-order valence-corrected chi connectivity index (χ2v) is 7.99. The second-order valence-electron chi connectivity index (χ2n) is 6.93. The van der Waals surface area contributed by atoms with Crippen molar-refractivity contribution in [1.29, 1.82) is 0 Å². The molecule has 0 radical (unpaired) electrons. The Morgan fingerprint density at radius 2 is 2.15 bits per heavy atom. The minimum atomic E-state index is -0.158. The normalized spacial score (nSPS) is 15.1. The van der Waals surface area contributed by atoms with Crippen molar-refractivity contribution in [3.8, 4) is 5.75 Å². The van der Waals surface area contributed by atoms with E-state index in [4.69, 9.17) is 4.74 Å². The van der Waals surface area contributed by atoms with Gasteiger partial charge in [0.2, 0.25) is 5.91 Å². The number of hydrazone groups is 1. The number of nitrogens with zero attached hydrogens (tertiary/aromatic N) is 2. The van der Waals surface area contributed by atoms with Crippen molar-refractivity contribution < 1.29 is 14.4 Å². The molecule has 1 amide bonds. The van der Waals surface area contributed by atoms with Gasteiger partial charge in [-0.3, -0.25) is 4.79 Å². The van der Waals surface area contributed by atoms with Crippen LogP contribution in [0.25, 0.3) is 0 Å². The number of benzene rings is 1. The Morgan fingerprint density at radius 1 is 1.37 bits per heavy atom. The number of carbonyl (C=O) groups excluding carboxylic acids is 1. The molecule has 1 fully saturated rings. The molecular formula is C20H27N4O2S+. The van der Waals surface area contributed by atoms with Crippen molar-refractivity contribution in [2.24, 2.45) is 5.10 Å². The molecule has 6 nitrogen and oxygen atoms in total. The van der Waals surface area contributed by atoms with E-state index >= 15 is 0 Å². The lowest BCUT2D eigenvalue weighted by Crippen LogP contribution is -3.08. The Hall–Kier alpha value is -2.25. The summed E-state index contributed by atoms with van der Waals surface area (Å²) in [4.78, 5) is 18.0. The molecule has 144 valence electrons. The highest BCUT2D eigenvalue weighted by Gasteiger charge is 2.18. The fourth-order valence-corrected chi connectivity index (χ4v) is 3.98. The summed E-state index contributed by atoms with van der Waals surface area (Å²) in [5.74, 6) is 0.754. The number of thiazole rings is 1. The number of amides is 1. The van der Waals surface area contributed by atoms with Crippen LogP contribution >= 0.6 is 11.3 Å². The molecule has 2 heterocycles. The largest absolute Gasteiger partial charge is 0.496 e. The number of quaternary nitrogens is 1. The minimum absolute atomic E-state index is 0.158. The van der Waals surface area contributed by atoms with Gasteiger partial charge >= 0.3 is 0 Å². The van der Waals surface area contributed by atoms with Gasteiger partial charge in [0, 0.05) is 23.8 Å². The van der Waals surface area contributed by atoms with Crippen LogP contribution in [-0.2, 0) is 17.8 Å². The molecule has 0 atom stereocenters. The van der Waals surface area contributed by atoms with E-state index in [-0.39, 0.29) is 12.3 Å². The number of rotatable bonds is 7. The fraction of sp³-hybridized carbons (Fsp3) is 0.450. The third kappa shape index (κ3) is 5.37. The molecule has 0 spiro atoms. The summed E-state index contributed by atoms with van der Waals surface area (Å²) in [7, 11) is 1.71. The molecule has 3 rings (SSSR count). The Labute approximate surface area is 164 Å². The van der Waals surface area contributed by atoms with Crippen molar-refractivity contribution in [3.05, 3.63) is 45.4 Å². The van der Waals surface area contributed by atoms with Crippen molar-refractivity contribution in [3.63, 3.8) is 0 Å². The summed E-state index contributed by atoms with van der Waals surface area (Å²) in [6, 6.07) is 6.09. The highest BCUT2D eigenvalue weighted by Crippen LogP contribution is 2.20. The number of ether oxygens (including phenoxy) is 1. The molecule has 0 bridgehead atoms. The van der Waals surface area contributed by atoms with Gasteiger partial charge in [0.05, 0.1) is 43.0 Å². The first-order valence-electron chi connectivity index (χ1n) is 9.30. The minimum Gasteiger partial charge on any atom is -0.496 e. The van der Waals surface area contributed by atoms with Crippen molar-refractivity contribution in [2.45, 2.75) is 39.7 Å². The maximum atomic E-state index is 12.1. The first-order chi connectivity index (χ1) is 13.0. The average Bonchev–Trinajstić information content (AvgIpc) is 3.31. The van der Waals surface area contributed by atoms with E-state index in [1.54, 1.807) is 23.3 Å². The second kappa shape index (κ2) is 9.10. The highest BCUT2D eigenvalue weighted by atomic mass is 32.1. The van der Waals surface area contributed by atoms with Crippen LogP contribution in [0, 0.1) is 6.92 Å². The lowest BCUT2D eigenvalue weighted by atomic mass is 10.1. The van der Waals surface area contributed by atoms with Crippen LogP contribution in [0.1, 0.15) is 41.6 Å². The smallest absolute Gasteiger partial charge is 0.246 e. The van der Waals surface area contributed by atoms with Gasteiger partial charge in [-0.25, -0.2) is 10.4 Å². The molecule has 1 aromatic heterocycles. The first-order valence-corrected chi connectivity index (χ1v) is 10.2. The van der Waals surface area contributed by atoms with Gasteiger partial charge < -0.3 is 9.64 Å². The molecular weight excluding hydrogens is 360 g/mol. The summed E-state index contributed by atoms with van der Waals surface area (Å²) in [6.45, 7) is 7.22. The molecule has 1 aliphatic heterocycles. The Morgan fingerprint density at radius 3 is 2.81 bits per heavy atom. The Bertz CT molecular complexity index is 825. The molecule has 0 unspecified atom stereocenters. The Kier molecular flexibility index (Phi) is 6.58. The molecule has 1 aromatic carbocycles. The van der Waals surface area contributed by atoms with Crippen LogP contribution in [0.2, 0.25) is 0 Å². The quantitative estimate of drug-likeness (QED) is 0.562. The monoisotopic (exact) mass is 387 g/mol. The van der Waals surface area contributed by atoms with E-state index in [1.807, 2.05) is 31.4 Å². The van der Waals surface area contributed by atoms with Gasteiger partial charge in [-0.15, -0.1) is 11.3 Å². The SMILES string of the molecule is COc1ccc(/C(C)=N\NC(=O)Cc2csc(C)n2)cc1C[NH+]1CCCC1. The number of aromatic nitrogens is 1. The summed E-state index contributed by atoms with van der Waals surface area (Å²) >= 11 is 1.54. The van der Waals surface area contributed by atoms with Crippen LogP contribution in [0.5, 0.6) is 5.75 Å². The predicted octanol–water partition coefficient (Wildman–Crippen LogP) is 1.72. The van der Waals surface area contributed by atoms with Gasteiger partial charge in [-0.05, 0) is 37.6 Å². The van der Waals surface area contributed by atoms with Gasteiger partial charge in [0.1, 0.15) is 12.3 Å². The molecule has 0 aliphatic carbocycles. The number of aryl methyl sites for hydroxylation is 1. The zero-order valence-electron chi connectivity index (χ0n) is 16.2. The summed E-state index contributed by atoms with van der Waals surface area (Å²) in [5, 5.41) is 7.14. The van der Waals surface area contributed by atoms with E-state index in [0.29, 0.717) is 0 Å². The molecule has 0 saturated carbocycles. The number of hydrogen-bond acceptors (Lipinski definition) is 5. The highest BCUT2D eigenvalue weighted by molar-refractivity contribution is 7.09. The van der Waals surface area contributed by atoms with Gasteiger partial charge in [0.15, 0.2) is 0 Å². The molecule has 1 saturated heterocycles. The predicted molar refractivity (Wildman–Crippen MR) is 108 cm³/mol. The summed E-state index contributed by atoms with van der Waals surface area (Å²) < 4.78 is 5.53. The third-order valence-electron chi connectivity index (χ3n) is 4.81. The molecule has 7 heteroatoms. The molecule has 2 N–H and O–H groups in total. The van der Waals surface area contributed by atoms with Crippen molar-refractivity contribution in [2.75, 3.05) is 20.2 Å². The van der Waals surface area contributed by atoms with Gasteiger partial charge in [0.25, 0.3) is 0 Å². The number of methoxy groups -OCH3 is 1. The maximum absolute atomic E-state index is 12.1. The Balaban J connectivity index is 1.66. The van der Waals surface area contributed by atoms with E-state index in [2.05, 4.69) is 21.6 Å². The first kappa shape index (κ1) is 19.5. The molecule has 27 heavy (non-hydrogen) atoms. The lowest BCUT2D eigenvalue weighted by Gasteiger charge is -2.15. The average molecular weight is 388 g/mol. The van der Waals surface area contributed by atoms with Crippen LogP contribution in [0.15, 0.2) is 28.7 Å². The topological polar surface area (TPSA) is 68.0 Å². The van der Waals surface area contributed by atoms with E-state index in [9.17, 15) is 4.79 Å². The molecule has 1 aliphatic rings. The van der Waals surface area contributed by atoms with Gasteiger partial charge in [-0.1, -0.05) is 0 Å². The number of nitrogens with one attached hydrogen (secondary N) is 2. The van der Waals surface area contributed by atoms with Gasteiger partial charge in [-0.2, -0.15) is 5.10 Å². The fourth-order valence-electron chi connectivity index (χ4n) is 3.37. The summed E-state index contributed by atoms with van der Waals surface area (Å²) in [5.41, 5.74) is 6.37. The zero-order chi connectivity index (χ0) is 19.2. The van der Waals surface area contributed by atoms with Crippen LogP contribution < -0.4 is 15.1 Å². The third-order valence-corrected chi connectivity index (χ3v) is 5.63. The van der Waals surface area contributed by atoms with Crippen molar-refractivity contribution >= 4 is 23.0 Å². The van der Waals surface area contributed by atoms with E-state index < -0.39 is 0 Å². The maximum Gasteiger partial charge on any atom is 0.246 e. The number of hydrogen-bond donors (Lipinski definition) is 2. The van der Waals surface area contributed by atoms with Crippen LogP contribution in [-0.4, -0.2) is 36.8 Å². The summed E-state index contributed by atoms with van der Waals surface area (Å²) in [6.07, 6.45) is 2.83. The molecule has 2 aromatic rings. The van der Waals surface area contributed by atoms with E-state index in [0.717, 1.165) is 34.3 Å². The zero-order valence-corrected chi connectivity index (χ0v) is 17.0. The van der Waals surface area contributed by atoms with E-state index in [1.165, 1.54) is 31.5 Å².